The van der Waals surface area contributed by atoms with Gasteiger partial charge in [0.25, 0.3) is 0 Å². The molecule has 0 aromatic heterocycles. The van der Waals surface area contributed by atoms with E-state index >= 15 is 0 Å². The summed E-state index contributed by atoms with van der Waals surface area (Å²) < 4.78 is 40.9. The van der Waals surface area contributed by atoms with Gasteiger partial charge in [-0.25, -0.2) is 8.42 Å². The highest BCUT2D eigenvalue weighted by atomic mass is 32.2. The number of carboxylic acid groups (broad SMARTS) is 1. The van der Waals surface area contributed by atoms with Gasteiger partial charge in [-0.1, -0.05) is 31.2 Å². The van der Waals surface area contributed by atoms with Crippen LogP contribution >= 0.6 is 0 Å². The molecule has 196 valence electrons. The highest BCUT2D eigenvalue weighted by molar-refractivity contribution is 7.91. The van der Waals surface area contributed by atoms with Crippen molar-refractivity contribution >= 4 is 15.8 Å². The number of sulfone groups is 1. The van der Waals surface area contributed by atoms with Crippen LogP contribution in [0, 0.1) is 13.8 Å². The van der Waals surface area contributed by atoms with Crippen molar-refractivity contribution in [1.29, 1.82) is 0 Å². The summed E-state index contributed by atoms with van der Waals surface area (Å²) in [6.45, 7) is 6.54. The summed E-state index contributed by atoms with van der Waals surface area (Å²) in [6.07, 6.45) is 0.0483. The first-order valence-corrected chi connectivity index (χ1v) is 14.1. The molecule has 3 aromatic rings. The first-order chi connectivity index (χ1) is 17.6. The Bertz CT molecular complexity index is 1370. The fraction of sp³-hybridized carbons (Fsp3) is 0.345. The van der Waals surface area contributed by atoms with Crippen LogP contribution in [0.2, 0.25) is 0 Å². The van der Waals surface area contributed by atoms with Gasteiger partial charge in [-0.15, -0.1) is 0 Å². The van der Waals surface area contributed by atoms with Gasteiger partial charge in [-0.05, 0) is 65.9 Å². The van der Waals surface area contributed by atoms with Crippen LogP contribution < -0.4 is 14.2 Å². The maximum atomic E-state index is 11.7. The van der Waals surface area contributed by atoms with E-state index in [1.807, 2.05) is 56.3 Å². The SMILES string of the molecule is CCS(=O)(=O)CCOc1cc(C)c(-c2cccc(COc3ccc4c(c3)OCC4CC(=O)O)c2)c(C)c1. The van der Waals surface area contributed by atoms with Crippen LogP contribution in [0.3, 0.4) is 0 Å². The number of aryl methyl sites for hydroxylation is 2. The smallest absolute Gasteiger partial charge is 0.304 e. The lowest BCUT2D eigenvalue weighted by molar-refractivity contribution is -0.137. The molecule has 1 aliphatic rings. The van der Waals surface area contributed by atoms with Crippen LogP contribution in [0.1, 0.15) is 41.5 Å². The standard InChI is InChI=1S/C29H32O7S/c1-4-37(32,33)11-10-34-25-12-19(2)29(20(3)13-25)22-7-5-6-21(14-22)17-35-24-8-9-26-23(15-28(30)31)18-36-27(26)16-24/h5-9,12-14,16,23H,4,10-11,15,17-18H2,1-3H3,(H,30,31). The molecular formula is C29H32O7S. The summed E-state index contributed by atoms with van der Waals surface area (Å²) in [5, 5.41) is 9.08. The molecule has 0 spiro atoms. The van der Waals surface area contributed by atoms with Gasteiger partial charge in [0.2, 0.25) is 0 Å². The van der Waals surface area contributed by atoms with E-state index in [1.54, 1.807) is 6.92 Å². The summed E-state index contributed by atoms with van der Waals surface area (Å²) in [6, 6.07) is 17.6. The van der Waals surface area contributed by atoms with Gasteiger partial charge in [0.05, 0.1) is 18.8 Å². The van der Waals surface area contributed by atoms with Gasteiger partial charge in [-0.3, -0.25) is 4.79 Å². The predicted octanol–water partition coefficient (Wildman–Crippen LogP) is 5.31. The van der Waals surface area contributed by atoms with Crippen molar-refractivity contribution in [2.24, 2.45) is 0 Å². The zero-order valence-electron chi connectivity index (χ0n) is 21.3. The molecule has 1 N–H and O–H groups in total. The normalized spacial score (nSPS) is 14.6. The average Bonchev–Trinajstić information content (AvgIpc) is 3.24. The first kappa shape index (κ1) is 26.5. The van der Waals surface area contributed by atoms with E-state index in [1.165, 1.54) is 0 Å². The molecule has 0 saturated heterocycles. The van der Waals surface area contributed by atoms with E-state index in [0.717, 1.165) is 33.4 Å². The van der Waals surface area contributed by atoms with Crippen LogP contribution in [0.25, 0.3) is 11.1 Å². The van der Waals surface area contributed by atoms with Crippen molar-refractivity contribution < 1.29 is 32.5 Å². The number of carboxylic acids is 1. The molecule has 0 aliphatic carbocycles. The molecule has 0 fully saturated rings. The molecule has 37 heavy (non-hydrogen) atoms. The molecule has 0 amide bonds. The highest BCUT2D eigenvalue weighted by Gasteiger charge is 2.26. The summed E-state index contributed by atoms with van der Waals surface area (Å²) in [7, 11) is -3.07. The zero-order valence-corrected chi connectivity index (χ0v) is 22.1. The number of ether oxygens (including phenoxy) is 3. The van der Waals surface area contributed by atoms with Crippen LogP contribution in [0.5, 0.6) is 17.2 Å². The lowest BCUT2D eigenvalue weighted by Crippen LogP contribution is -2.15. The Morgan fingerprint density at radius 3 is 2.49 bits per heavy atom. The Labute approximate surface area is 217 Å². The van der Waals surface area contributed by atoms with E-state index in [0.29, 0.717) is 30.5 Å². The highest BCUT2D eigenvalue weighted by Crippen LogP contribution is 2.38. The van der Waals surface area contributed by atoms with E-state index < -0.39 is 15.8 Å². The number of fused-ring (bicyclic) bond motifs is 1. The maximum Gasteiger partial charge on any atom is 0.304 e. The fourth-order valence-electron chi connectivity index (χ4n) is 4.60. The summed E-state index contributed by atoms with van der Waals surface area (Å²) in [5.74, 6) is 1.15. The van der Waals surface area contributed by atoms with Crippen molar-refractivity contribution in [3.8, 4) is 28.4 Å². The van der Waals surface area contributed by atoms with Gasteiger partial charge in [0.15, 0.2) is 9.84 Å². The van der Waals surface area contributed by atoms with E-state index in [-0.39, 0.29) is 30.5 Å². The first-order valence-electron chi connectivity index (χ1n) is 12.3. The van der Waals surface area contributed by atoms with Crippen molar-refractivity contribution in [1.82, 2.24) is 0 Å². The molecular weight excluding hydrogens is 492 g/mol. The Kier molecular flexibility index (Phi) is 8.07. The van der Waals surface area contributed by atoms with Crippen LogP contribution in [-0.2, 0) is 21.2 Å². The topological polar surface area (TPSA) is 99.1 Å². The quantitative estimate of drug-likeness (QED) is 0.363. The summed E-state index contributed by atoms with van der Waals surface area (Å²) in [4.78, 5) is 11.1. The maximum absolute atomic E-state index is 11.7. The molecule has 1 heterocycles. The zero-order chi connectivity index (χ0) is 26.6. The minimum Gasteiger partial charge on any atom is -0.493 e. The molecule has 8 heteroatoms. The summed E-state index contributed by atoms with van der Waals surface area (Å²) >= 11 is 0. The predicted molar refractivity (Wildman–Crippen MR) is 142 cm³/mol. The van der Waals surface area contributed by atoms with Crippen LogP contribution in [0.4, 0.5) is 0 Å². The second kappa shape index (κ2) is 11.3. The van der Waals surface area contributed by atoms with E-state index in [9.17, 15) is 13.2 Å². The van der Waals surface area contributed by atoms with Gasteiger partial charge in [0.1, 0.15) is 30.5 Å². The van der Waals surface area contributed by atoms with Gasteiger partial charge in [-0.2, -0.15) is 0 Å². The van der Waals surface area contributed by atoms with Crippen molar-refractivity contribution in [2.45, 2.75) is 39.7 Å². The Morgan fingerprint density at radius 2 is 1.78 bits per heavy atom. The number of aliphatic carboxylic acids is 1. The number of carbonyl (C=O) groups is 1. The number of hydrogen-bond donors (Lipinski definition) is 1. The fourth-order valence-corrected chi connectivity index (χ4v) is 5.23. The molecule has 1 unspecified atom stereocenters. The number of benzene rings is 3. The third-order valence-electron chi connectivity index (χ3n) is 6.52. The Balaban J connectivity index is 1.43. The second-order valence-electron chi connectivity index (χ2n) is 9.31. The molecule has 0 bridgehead atoms. The van der Waals surface area contributed by atoms with Gasteiger partial charge in [0, 0.05) is 23.3 Å². The average molecular weight is 525 g/mol. The van der Waals surface area contributed by atoms with Crippen molar-refractivity contribution in [2.75, 3.05) is 24.7 Å². The molecule has 1 aliphatic heterocycles. The minimum absolute atomic E-state index is 0.00462. The number of rotatable bonds is 11. The van der Waals surface area contributed by atoms with E-state index in [4.69, 9.17) is 19.3 Å². The number of hydrogen-bond acceptors (Lipinski definition) is 6. The third-order valence-corrected chi connectivity index (χ3v) is 8.18. The lowest BCUT2D eigenvalue weighted by atomic mass is 9.94. The molecule has 1 atom stereocenters. The molecule has 7 nitrogen and oxygen atoms in total. The van der Waals surface area contributed by atoms with Crippen LogP contribution in [0.15, 0.2) is 54.6 Å². The molecule has 4 rings (SSSR count). The van der Waals surface area contributed by atoms with Crippen LogP contribution in [-0.4, -0.2) is 44.2 Å². The molecule has 0 saturated carbocycles. The second-order valence-corrected chi connectivity index (χ2v) is 11.8. The molecule has 0 radical (unpaired) electrons. The van der Waals surface area contributed by atoms with E-state index in [2.05, 4.69) is 12.1 Å². The van der Waals surface area contributed by atoms with Gasteiger partial charge >= 0.3 is 5.97 Å². The largest absolute Gasteiger partial charge is 0.493 e. The third kappa shape index (κ3) is 6.63. The minimum atomic E-state index is -3.07. The van der Waals surface area contributed by atoms with Gasteiger partial charge < -0.3 is 19.3 Å². The Hall–Kier alpha value is -3.52. The Morgan fingerprint density at radius 1 is 1.03 bits per heavy atom. The van der Waals surface area contributed by atoms with Crippen molar-refractivity contribution in [3.05, 3.63) is 76.9 Å². The molecule has 3 aromatic carbocycles. The summed E-state index contributed by atoms with van der Waals surface area (Å²) in [5.41, 5.74) is 6.15. The van der Waals surface area contributed by atoms with Crippen molar-refractivity contribution in [3.63, 3.8) is 0 Å². The monoisotopic (exact) mass is 524 g/mol. The lowest BCUT2D eigenvalue weighted by Gasteiger charge is -2.15.